The summed E-state index contributed by atoms with van der Waals surface area (Å²) >= 11 is 0. The van der Waals surface area contributed by atoms with E-state index in [0.29, 0.717) is 28.6 Å². The van der Waals surface area contributed by atoms with Gasteiger partial charge in [-0.1, -0.05) is 285 Å². The van der Waals surface area contributed by atoms with E-state index < -0.39 is 10.8 Å². The molecule has 2 aliphatic carbocycles. The zero-order chi connectivity index (χ0) is 75.2. The van der Waals surface area contributed by atoms with Crippen LogP contribution in [0.15, 0.2) is 379 Å². The Balaban J connectivity index is 0.648. The molecule has 9 heteroatoms. The van der Waals surface area contributed by atoms with E-state index in [1.54, 1.807) is 0 Å². The predicted octanol–water partition coefficient (Wildman–Crippen LogP) is 26.8. The summed E-state index contributed by atoms with van der Waals surface area (Å²) < 4.78 is 30.8. The Bertz CT molecular complexity index is 7680. The second-order valence-electron chi connectivity index (χ2n) is 30.4. The van der Waals surface area contributed by atoms with E-state index in [4.69, 9.17) is 38.2 Å². The Hall–Kier alpha value is -15.3. The molecule has 534 valence electrons. The van der Waals surface area contributed by atoms with Crippen molar-refractivity contribution >= 4 is 65.7 Å². The minimum Gasteiger partial charge on any atom is -0.457 e. The van der Waals surface area contributed by atoms with Crippen molar-refractivity contribution in [2.45, 2.75) is 10.8 Å². The van der Waals surface area contributed by atoms with Gasteiger partial charge >= 0.3 is 0 Å². The number of nitrogens with zero attached hydrogens (tertiary/aromatic N) is 5. The lowest BCUT2D eigenvalue weighted by Crippen LogP contribution is -2.32. The number of benzene rings is 16. The number of rotatable bonds is 8. The maximum absolute atomic E-state index is 7.43. The number of para-hydroxylation sites is 9. The summed E-state index contributed by atoms with van der Waals surface area (Å²) in [5.41, 5.74) is 28.5. The molecule has 115 heavy (non-hydrogen) atoms. The molecule has 0 saturated heterocycles. The summed E-state index contributed by atoms with van der Waals surface area (Å²) in [6.07, 6.45) is 0. The lowest BCUT2D eigenvalue weighted by atomic mass is 9.65. The Morgan fingerprint density at radius 2 is 0.661 bits per heavy atom. The molecule has 5 aromatic heterocycles. The van der Waals surface area contributed by atoms with Crippen LogP contribution in [0.3, 0.4) is 0 Å². The number of hydrogen-bond donors (Lipinski definition) is 0. The summed E-state index contributed by atoms with van der Waals surface area (Å²) in [4.78, 5) is 22.5. The van der Waals surface area contributed by atoms with E-state index in [1.807, 2.05) is 12.1 Å². The lowest BCUT2D eigenvalue weighted by molar-refractivity contribution is 0.436. The van der Waals surface area contributed by atoms with Gasteiger partial charge in [0, 0.05) is 99.2 Å². The molecular weight excluding hydrogens is 1410 g/mol. The van der Waals surface area contributed by atoms with Crippen LogP contribution in [0.4, 0.5) is 0 Å². The van der Waals surface area contributed by atoms with Crippen LogP contribution in [0, 0.1) is 0 Å². The van der Waals surface area contributed by atoms with Gasteiger partial charge < -0.3 is 22.9 Å². The average molecular weight is 1470 g/mol. The van der Waals surface area contributed by atoms with Crippen molar-refractivity contribution in [2.75, 3.05) is 0 Å². The van der Waals surface area contributed by atoms with Crippen molar-refractivity contribution < 1.29 is 18.3 Å². The van der Waals surface area contributed by atoms with Crippen molar-refractivity contribution in [3.8, 4) is 130 Å². The largest absolute Gasteiger partial charge is 0.457 e. The first-order chi connectivity index (χ1) is 57.0. The minimum absolute atomic E-state index is 0.569. The van der Waals surface area contributed by atoms with Gasteiger partial charge in [-0.3, -0.25) is 0 Å². The lowest BCUT2D eigenvalue weighted by Gasteiger charge is -2.40. The molecule has 0 bridgehead atoms. The normalized spacial score (nSPS) is 14.3. The highest BCUT2D eigenvalue weighted by Gasteiger charge is 2.54. The van der Waals surface area contributed by atoms with Gasteiger partial charge in [0.25, 0.3) is 0 Å². The van der Waals surface area contributed by atoms with Crippen LogP contribution in [0.5, 0.6) is 23.0 Å². The van der Waals surface area contributed by atoms with Crippen molar-refractivity contribution in [3.63, 3.8) is 0 Å². The number of furan rings is 2. The molecule has 0 radical (unpaired) electrons. The Morgan fingerprint density at radius 3 is 1.32 bits per heavy atom. The van der Waals surface area contributed by atoms with Gasteiger partial charge in [-0.05, 0) is 135 Å². The van der Waals surface area contributed by atoms with Gasteiger partial charge in [0.1, 0.15) is 45.3 Å². The van der Waals surface area contributed by atoms with Gasteiger partial charge in [0.2, 0.25) is 0 Å². The van der Waals surface area contributed by atoms with Crippen LogP contribution < -0.4 is 9.47 Å². The van der Waals surface area contributed by atoms with Gasteiger partial charge in [-0.15, -0.1) is 0 Å². The standard InChI is InChI=1S/C106H61N5O4/c1-2-26-62(27-3-1)87-60-88(108-103(107-87)64-28-20-29-65(58-64)111-91-50-14-6-30-67(91)68-31-7-15-51-92(68)111)75-38-24-47-84-98(75)73-33-4-10-43-80(73)106(84)83-46-13-19-55-96(83)114-102-66(35-23-49-86(102)106)63-56-57-70-72-37-22-40-77(101(72)115-97(70)59-63)90-61-89(76-39-21-36-71-69-32-8-16-52-93(69)113-100(71)76)109-104(110-90)78-41-25-48-85-99(78)74-34-5-9-42-79(74)105(85)81-44-11-17-53-94(81)112-95-54-18-12-45-82(95)105/h1-61H. The Labute approximate surface area is 659 Å². The quantitative estimate of drug-likeness (QED) is 0.148. The molecule has 25 rings (SSSR count). The molecule has 7 heterocycles. The molecule has 1 unspecified atom stereocenters. The first-order valence-electron chi connectivity index (χ1n) is 39.1. The first-order valence-corrected chi connectivity index (χ1v) is 39.1. The molecule has 4 aliphatic rings. The summed E-state index contributed by atoms with van der Waals surface area (Å²) in [7, 11) is 0. The Kier molecular flexibility index (Phi) is 13.3. The smallest absolute Gasteiger partial charge is 0.161 e. The van der Waals surface area contributed by atoms with E-state index in [9.17, 15) is 0 Å². The van der Waals surface area contributed by atoms with Crippen molar-refractivity contribution in [3.05, 3.63) is 415 Å². The maximum Gasteiger partial charge on any atom is 0.161 e. The minimum atomic E-state index is -0.827. The molecule has 9 nitrogen and oxygen atoms in total. The molecule has 2 spiro atoms. The number of hydrogen-bond acceptors (Lipinski definition) is 8. The second kappa shape index (κ2) is 24.1. The van der Waals surface area contributed by atoms with Crippen LogP contribution in [0.1, 0.15) is 44.5 Å². The third-order valence-corrected chi connectivity index (χ3v) is 24.6. The summed E-state index contributed by atoms with van der Waals surface area (Å²) in [5, 5.41) is 6.39. The molecular formula is C106H61N5O4. The molecule has 0 fully saturated rings. The van der Waals surface area contributed by atoms with E-state index in [2.05, 4.69) is 362 Å². The van der Waals surface area contributed by atoms with E-state index >= 15 is 0 Å². The molecule has 0 amide bonds. The highest BCUT2D eigenvalue weighted by molar-refractivity contribution is 6.13. The SMILES string of the molecule is c1ccc(-c2cc(-c3cccc4c3-c3ccccc3C43c4ccccc4Oc4c(-c5ccc6c(c5)oc5c(-c7cc(-c8cccc9c8oc8ccccc89)nc(-c8cccc9c8-c8ccccc8C98c9ccccc9Oc9ccccc98)n7)cccc56)cccc43)nc(-c3cccc(-n4c5ccccc5c5ccccc54)c3)n2)cc1. The van der Waals surface area contributed by atoms with Crippen LogP contribution in [0.25, 0.3) is 173 Å². The van der Waals surface area contributed by atoms with Gasteiger partial charge in [-0.2, -0.15) is 0 Å². The number of fused-ring (bicyclic) bond motifs is 27. The molecule has 0 saturated carbocycles. The van der Waals surface area contributed by atoms with Crippen LogP contribution in [0.2, 0.25) is 0 Å². The average Bonchev–Trinajstić information content (AvgIpc) is 1.55. The Morgan fingerprint density at radius 1 is 0.235 bits per heavy atom. The summed E-state index contributed by atoms with van der Waals surface area (Å²) in [6, 6.07) is 132. The predicted molar refractivity (Wildman–Crippen MR) is 459 cm³/mol. The fourth-order valence-electron chi connectivity index (χ4n) is 19.9. The monoisotopic (exact) mass is 1470 g/mol. The third kappa shape index (κ3) is 8.91. The molecule has 21 aromatic rings. The zero-order valence-corrected chi connectivity index (χ0v) is 61.6. The molecule has 1 atom stereocenters. The fourth-order valence-corrected chi connectivity index (χ4v) is 19.9. The molecule has 16 aromatic carbocycles. The fraction of sp³-hybridized carbons (Fsp3) is 0.0189. The summed E-state index contributed by atoms with van der Waals surface area (Å²) in [5.74, 6) is 4.42. The van der Waals surface area contributed by atoms with Crippen molar-refractivity contribution in [2.24, 2.45) is 0 Å². The number of ether oxygens (including phenoxy) is 2. The molecule has 2 aliphatic heterocycles. The van der Waals surface area contributed by atoms with Crippen LogP contribution >= 0.6 is 0 Å². The van der Waals surface area contributed by atoms with E-state index in [1.165, 1.54) is 16.3 Å². The highest BCUT2D eigenvalue weighted by Crippen LogP contribution is 2.66. The van der Waals surface area contributed by atoms with Gasteiger partial charge in [0.05, 0.1) is 44.6 Å². The zero-order valence-electron chi connectivity index (χ0n) is 61.6. The highest BCUT2D eigenvalue weighted by atomic mass is 16.5. The van der Waals surface area contributed by atoms with Crippen molar-refractivity contribution in [1.82, 2.24) is 24.5 Å². The van der Waals surface area contributed by atoms with Crippen molar-refractivity contribution in [1.29, 1.82) is 0 Å². The van der Waals surface area contributed by atoms with Gasteiger partial charge in [0.15, 0.2) is 11.6 Å². The molecule has 0 N–H and O–H groups in total. The van der Waals surface area contributed by atoms with E-state index in [-0.39, 0.29) is 0 Å². The van der Waals surface area contributed by atoms with E-state index in [0.717, 1.165) is 195 Å². The van der Waals surface area contributed by atoms with Crippen LogP contribution in [-0.4, -0.2) is 24.5 Å². The summed E-state index contributed by atoms with van der Waals surface area (Å²) in [6.45, 7) is 0. The number of aromatic nitrogens is 5. The maximum atomic E-state index is 7.43. The first kappa shape index (κ1) is 63.5. The second-order valence-corrected chi connectivity index (χ2v) is 30.4. The topological polar surface area (TPSA) is 101 Å². The van der Waals surface area contributed by atoms with Gasteiger partial charge in [-0.25, -0.2) is 19.9 Å². The third-order valence-electron chi connectivity index (χ3n) is 24.6. The van der Waals surface area contributed by atoms with Crippen LogP contribution in [-0.2, 0) is 10.8 Å².